The Kier molecular flexibility index (Phi) is 43.3. The third-order valence-electron chi connectivity index (χ3n) is 0. The molecule has 0 aromatic carbocycles. The van der Waals surface area contributed by atoms with Gasteiger partial charge in [0.2, 0.25) is 0 Å². The molecule has 0 rings (SSSR count). The average Bonchev–Trinajstić information content (AvgIpc) is 1.12. The molecule has 0 fully saturated rings. The Morgan fingerprint density at radius 3 is 0.500 bits per heavy atom. The van der Waals surface area contributed by atoms with Crippen molar-refractivity contribution in [2.75, 3.05) is 0 Å². The molecule has 0 aliphatic carbocycles. The molecule has 0 heterocycles. The van der Waals surface area contributed by atoms with Crippen molar-refractivity contribution in [3.8, 4) is 0 Å². The van der Waals surface area contributed by atoms with Gasteiger partial charge < -0.3 is 0 Å². The van der Waals surface area contributed by atoms with Crippen molar-refractivity contribution in [1.29, 1.82) is 0 Å². The zero-order valence-corrected chi connectivity index (χ0v) is 26.9. The normalized spacial score (nSPS) is 8.29. The topological polar surface area (TPSA) is 161 Å². The van der Waals surface area contributed by atoms with Gasteiger partial charge in [0.25, 0.3) is 0 Å². The molecule has 8 nitrogen and oxygen atoms in total. The number of rotatable bonds is 0. The summed E-state index contributed by atoms with van der Waals surface area (Å²) >= 11 is -11.5. The second kappa shape index (κ2) is 16.8. The molecular formula is Cr2O8Tl4. The van der Waals surface area contributed by atoms with Crippen LogP contribution in [0, 0.1) is 0 Å². The van der Waals surface area contributed by atoms with Gasteiger partial charge in [0.05, 0.1) is 0 Å². The van der Waals surface area contributed by atoms with Gasteiger partial charge in [-0.1, -0.05) is 0 Å². The molecule has 0 aromatic heterocycles. The van der Waals surface area contributed by atoms with E-state index in [0.29, 0.717) is 0 Å². The van der Waals surface area contributed by atoms with Crippen LogP contribution in [-0.4, -0.2) is 109 Å². The molecule has 0 N–H and O–H groups in total. The largest absolute Gasteiger partial charge is 1.00 e. The number of hydrogen-bond acceptors (Lipinski definition) is 8. The van der Waals surface area contributed by atoms with Crippen molar-refractivity contribution in [2.45, 2.75) is 0 Å². The monoisotopic (exact) mass is 1050 g/mol. The van der Waals surface area contributed by atoms with Crippen molar-refractivity contribution in [2.24, 2.45) is 0 Å². The van der Waals surface area contributed by atoms with E-state index in [0.717, 1.165) is 0 Å². The first kappa shape index (κ1) is 36.1. The summed E-state index contributed by atoms with van der Waals surface area (Å²) in [6.45, 7) is 0. The molecule has 14 heavy (non-hydrogen) atoms. The average molecular weight is 1050 g/mol. The van der Waals surface area contributed by atoms with E-state index >= 15 is 0 Å². The van der Waals surface area contributed by atoms with Gasteiger partial charge in [-0.25, -0.2) is 0 Å². The Labute approximate surface area is 165 Å². The Bertz CT molecular complexity index is 216. The van der Waals surface area contributed by atoms with Crippen LogP contribution in [0.25, 0.3) is 0 Å². The van der Waals surface area contributed by atoms with E-state index in [1.165, 1.54) is 0 Å². The minimum absolute atomic E-state index is 0. The molecule has 0 spiro atoms. The molecule has 0 radical (unpaired) electrons. The van der Waals surface area contributed by atoms with Gasteiger partial charge in [0.15, 0.2) is 0 Å². The second-order valence-electron chi connectivity index (χ2n) is 0.816. The summed E-state index contributed by atoms with van der Waals surface area (Å²) in [6, 6.07) is 0. The Balaban J connectivity index is -0.0000000178. The van der Waals surface area contributed by atoms with Gasteiger partial charge in [-0.05, 0) is 0 Å². The Morgan fingerprint density at radius 1 is 0.500 bits per heavy atom. The quantitative estimate of drug-likeness (QED) is 0.217. The summed E-state index contributed by atoms with van der Waals surface area (Å²) in [7, 11) is 0. The van der Waals surface area contributed by atoms with Gasteiger partial charge in [0, 0.05) is 0 Å². The molecule has 0 aromatic rings. The van der Waals surface area contributed by atoms with E-state index in [1.807, 2.05) is 0 Å². The minimum atomic E-state index is -5.75. The maximum atomic E-state index is 8.59. The van der Waals surface area contributed by atoms with Crippen molar-refractivity contribution in [1.82, 2.24) is 0 Å². The summed E-state index contributed by atoms with van der Waals surface area (Å²) in [6.07, 6.45) is 0. The molecule has 0 unspecified atom stereocenters. The Hall–Kier alpha value is 3.79. The third kappa shape index (κ3) is 240. The molecule has 14 heteroatoms. The van der Waals surface area contributed by atoms with E-state index < -0.39 is 27.2 Å². The summed E-state index contributed by atoms with van der Waals surface area (Å²) < 4.78 is 68.8. The van der Waals surface area contributed by atoms with Crippen LogP contribution in [0.2, 0.25) is 0 Å². The zero-order chi connectivity index (χ0) is 9.00. The van der Waals surface area contributed by atoms with Crippen LogP contribution >= 0.6 is 0 Å². The fourth-order valence-electron chi connectivity index (χ4n) is 0. The molecule has 0 saturated carbocycles. The van der Waals surface area contributed by atoms with E-state index in [-0.39, 0.29) is 109 Å². The standard InChI is InChI=1S/2Cr.8O.4Tl/q;;;;;;4*-1;4*+1. The summed E-state index contributed by atoms with van der Waals surface area (Å²) in [5, 5.41) is 0. The predicted octanol–water partition coefficient (Wildman–Crippen LogP) is -6.76. The first-order chi connectivity index (χ1) is 4.00. The van der Waals surface area contributed by atoms with Crippen LogP contribution in [-0.2, 0) is 42.4 Å². The van der Waals surface area contributed by atoms with Crippen molar-refractivity contribution in [3.05, 3.63) is 0 Å². The first-order valence-electron chi connectivity index (χ1n) is 1.33. The van der Waals surface area contributed by atoms with Crippen LogP contribution in [0.5, 0.6) is 0 Å². The fourth-order valence-corrected chi connectivity index (χ4v) is 0. The first-order valence-corrected chi connectivity index (χ1v) is 5.50. The van der Waals surface area contributed by atoms with Crippen molar-refractivity contribution in [3.63, 3.8) is 0 Å². The SMILES string of the molecule is [O]=[Cr](=[O])([O-])[O-].[O]=[Cr](=[O])([O-])[O-].[Tl+].[Tl+].[Tl+].[Tl+]. The van der Waals surface area contributed by atoms with Crippen molar-refractivity contribution < 1.29 is 59.1 Å². The van der Waals surface area contributed by atoms with Crippen LogP contribution in [0.15, 0.2) is 0 Å². The summed E-state index contributed by atoms with van der Waals surface area (Å²) in [5.41, 5.74) is 0. The fraction of sp³-hybridized carbons (Fsp3) is 0. The Morgan fingerprint density at radius 2 is 0.500 bits per heavy atom. The van der Waals surface area contributed by atoms with Crippen LogP contribution in [0.3, 0.4) is 0 Å². The van der Waals surface area contributed by atoms with Gasteiger partial charge in [-0.3, -0.25) is 0 Å². The van der Waals surface area contributed by atoms with Gasteiger partial charge in [-0.15, -0.1) is 0 Å². The van der Waals surface area contributed by atoms with Gasteiger partial charge in [-0.2, -0.15) is 0 Å². The van der Waals surface area contributed by atoms with Crippen LogP contribution in [0.4, 0.5) is 0 Å². The molecule has 0 aliphatic heterocycles. The molecule has 0 aliphatic rings. The molecule has 72 valence electrons. The van der Waals surface area contributed by atoms with Crippen LogP contribution in [0.1, 0.15) is 0 Å². The number of hydrogen-bond donors (Lipinski definition) is 0. The van der Waals surface area contributed by atoms with Crippen molar-refractivity contribution >= 4 is 109 Å². The molecular weight excluding hydrogens is 1050 g/mol. The van der Waals surface area contributed by atoms with Gasteiger partial charge >= 0.3 is 168 Å². The molecule has 0 saturated heterocycles. The van der Waals surface area contributed by atoms with E-state index in [4.69, 9.17) is 31.8 Å². The zero-order valence-electron chi connectivity index (χ0n) is 6.39. The van der Waals surface area contributed by atoms with Crippen LogP contribution < -0.4 is 16.6 Å². The molecule has 0 bridgehead atoms. The summed E-state index contributed by atoms with van der Waals surface area (Å²) in [5.74, 6) is 0. The van der Waals surface area contributed by atoms with E-state index in [1.54, 1.807) is 0 Å². The third-order valence-corrected chi connectivity index (χ3v) is 0. The summed E-state index contributed by atoms with van der Waals surface area (Å²) in [4.78, 5) is 0. The maximum absolute atomic E-state index is 8.59. The maximum Gasteiger partial charge on any atom is 1.00 e. The van der Waals surface area contributed by atoms with E-state index in [2.05, 4.69) is 0 Å². The molecule has 0 atom stereocenters. The van der Waals surface area contributed by atoms with E-state index in [9.17, 15) is 0 Å². The predicted molar refractivity (Wildman–Crippen MR) is 25.8 cm³/mol. The minimum Gasteiger partial charge on any atom is 1.00 e. The second-order valence-corrected chi connectivity index (χ2v) is 3.37. The molecule has 0 amide bonds. The smallest absolute Gasteiger partial charge is 1.00 e. The van der Waals surface area contributed by atoms with Gasteiger partial charge in [0.1, 0.15) is 0 Å².